The van der Waals surface area contributed by atoms with E-state index in [0.717, 1.165) is 36.8 Å². The SMILES string of the molecule is CC(=O)OC1CC2=CC([Si](C)(C)C(C)(C)C)[C@@H]3[C@@H](CC[C@]4(C)C([Si](C)(C)C(C)(C)C)CC[C@@H]34)[C@@]2(C)C(OC2CC(OC(C)=O)CC3=CC([Si](C)(C)C(C)(C)C)[C@@H]4[C@@H](CC[C@]5(C)C([Si](C)(C)C(C)(C)C)CC[C@@H]45)[C@]32C)C1. The Balaban J connectivity index is 1.30. The van der Waals surface area contributed by atoms with E-state index in [-0.39, 0.29) is 57.3 Å². The fraction of sp³-hybridized carbons (Fsp3) is 0.909. The number of allylic oxidation sites excluding steroid dienone is 2. The van der Waals surface area contributed by atoms with Crippen LogP contribution >= 0.6 is 0 Å². The van der Waals surface area contributed by atoms with Crippen LogP contribution in [0.4, 0.5) is 0 Å². The van der Waals surface area contributed by atoms with E-state index < -0.39 is 32.3 Å². The number of esters is 2. The molecule has 0 spiro atoms. The summed E-state index contributed by atoms with van der Waals surface area (Å²) in [5.74, 6) is 3.22. The third-order valence-corrected chi connectivity index (χ3v) is 53.8. The lowest BCUT2D eigenvalue weighted by atomic mass is 9.46. The van der Waals surface area contributed by atoms with Crippen LogP contribution in [0.3, 0.4) is 0 Å². The van der Waals surface area contributed by atoms with E-state index in [4.69, 9.17) is 14.2 Å². The molecule has 18 atom stereocenters. The molecule has 0 aromatic rings. The van der Waals surface area contributed by atoms with E-state index >= 15 is 0 Å². The minimum Gasteiger partial charge on any atom is -0.462 e. The summed E-state index contributed by atoms with van der Waals surface area (Å²) in [5.41, 5.74) is 6.07. The monoisotopic (exact) mass is 1100 g/mol. The first-order chi connectivity index (χ1) is 33.9. The lowest BCUT2D eigenvalue weighted by Gasteiger charge is -2.67. The minimum atomic E-state index is -1.96. The molecule has 75 heavy (non-hydrogen) atoms. The summed E-state index contributed by atoms with van der Waals surface area (Å²) in [5, 5.41) is 1.15. The van der Waals surface area contributed by atoms with Crippen molar-refractivity contribution in [2.24, 2.45) is 57.2 Å². The minimum absolute atomic E-state index is 0.115. The zero-order valence-corrected chi connectivity index (χ0v) is 57.8. The van der Waals surface area contributed by atoms with E-state index in [1.807, 2.05) is 0 Å². The zero-order valence-electron chi connectivity index (χ0n) is 53.8. The van der Waals surface area contributed by atoms with Gasteiger partial charge in [-0.25, -0.2) is 0 Å². The Morgan fingerprint density at radius 3 is 1.05 bits per heavy atom. The Kier molecular flexibility index (Phi) is 15.2. The lowest BCUT2D eigenvalue weighted by Crippen LogP contribution is -2.64. The molecule has 428 valence electrons. The van der Waals surface area contributed by atoms with Gasteiger partial charge < -0.3 is 14.2 Å². The van der Waals surface area contributed by atoms with Crippen LogP contribution in [-0.2, 0) is 23.8 Å². The third kappa shape index (κ3) is 9.18. The normalized spacial score (nSPS) is 42.7. The van der Waals surface area contributed by atoms with Crippen molar-refractivity contribution in [2.45, 2.75) is 321 Å². The molecule has 0 aliphatic heterocycles. The number of carbonyl (C=O) groups excluding carboxylic acids is 2. The number of rotatable bonds is 8. The molecule has 6 saturated carbocycles. The van der Waals surface area contributed by atoms with Crippen LogP contribution < -0.4 is 0 Å². The summed E-state index contributed by atoms with van der Waals surface area (Å²) in [6.07, 6.45) is 18.8. The molecule has 8 aliphatic carbocycles. The number of fused-ring (bicyclic) bond motifs is 10. The Morgan fingerprint density at radius 2 is 0.773 bits per heavy atom. The average molecular weight is 1100 g/mol. The molecule has 0 N–H and O–H groups in total. The maximum absolute atomic E-state index is 13.2. The first kappa shape index (κ1) is 60.3. The van der Waals surface area contributed by atoms with Crippen molar-refractivity contribution < 1.29 is 23.8 Å². The first-order valence-electron chi connectivity index (χ1n) is 31.3. The number of hydrogen-bond acceptors (Lipinski definition) is 5. The van der Waals surface area contributed by atoms with Gasteiger partial charge in [0.1, 0.15) is 12.2 Å². The van der Waals surface area contributed by atoms with E-state index in [2.05, 4.69) is 175 Å². The van der Waals surface area contributed by atoms with Gasteiger partial charge in [0.05, 0.1) is 44.5 Å². The van der Waals surface area contributed by atoms with Gasteiger partial charge in [-0.1, -0.05) is 199 Å². The zero-order chi connectivity index (χ0) is 56.4. The van der Waals surface area contributed by atoms with Gasteiger partial charge in [0.2, 0.25) is 0 Å². The predicted molar refractivity (Wildman–Crippen MR) is 328 cm³/mol. The predicted octanol–water partition coefficient (Wildman–Crippen LogP) is 19.5. The van der Waals surface area contributed by atoms with Gasteiger partial charge >= 0.3 is 11.9 Å². The van der Waals surface area contributed by atoms with Gasteiger partial charge in [0.25, 0.3) is 0 Å². The van der Waals surface area contributed by atoms with Crippen LogP contribution in [0, 0.1) is 57.2 Å². The van der Waals surface area contributed by atoms with E-state index in [1.54, 1.807) is 13.8 Å². The standard InChI is InChI=1S/C66H118O5Si4/c1-41(67)69-45-35-43-37-51(72(19,20)59(3,4)5)57-47-27-29-55(74(23,24)61(9,10)11)63(47,15)33-31-49(57)65(43,17)53(39-45)71-54-40-46(70-42(2)68)36-44-38-52(73(21,22)60(6,7)8)58-48-28-30-56(75(25,26)62(12,13)14)64(48,16)34-32-50(58)66(44,54)18/h37-38,45-58H,27-36,39-40H2,1-26H3/t45?,46?,47-,48-,49+,50+,51?,52?,53?,54?,55?,56?,57-,58-,63-,64-,65-,66-/m0/s1. The van der Waals surface area contributed by atoms with Gasteiger partial charge in [0, 0.05) is 50.4 Å². The van der Waals surface area contributed by atoms with Gasteiger partial charge in [-0.05, 0) is 127 Å². The summed E-state index contributed by atoms with van der Waals surface area (Å²) >= 11 is 0. The second-order valence-corrected chi connectivity index (χ2v) is 57.8. The largest absolute Gasteiger partial charge is 0.462 e. The van der Waals surface area contributed by atoms with E-state index in [1.165, 1.54) is 62.5 Å². The molecule has 0 bridgehead atoms. The summed E-state index contributed by atoms with van der Waals surface area (Å²) in [6.45, 7) is 66.8. The molecule has 0 radical (unpaired) electrons. The highest BCUT2D eigenvalue weighted by Gasteiger charge is 2.71. The van der Waals surface area contributed by atoms with Gasteiger partial charge in [-0.15, -0.1) is 0 Å². The number of ether oxygens (including phenoxy) is 3. The lowest BCUT2D eigenvalue weighted by molar-refractivity contribution is -0.203. The van der Waals surface area contributed by atoms with Crippen LogP contribution in [0.25, 0.3) is 0 Å². The van der Waals surface area contributed by atoms with Gasteiger partial charge in [-0.2, -0.15) is 0 Å². The maximum Gasteiger partial charge on any atom is 0.302 e. The third-order valence-electron chi connectivity index (χ3n) is 28.5. The topological polar surface area (TPSA) is 61.8 Å². The summed E-state index contributed by atoms with van der Waals surface area (Å²) in [7, 11) is -7.26. The van der Waals surface area contributed by atoms with Crippen molar-refractivity contribution in [1.82, 2.24) is 0 Å². The average Bonchev–Trinajstić information content (AvgIpc) is 3.79. The maximum atomic E-state index is 13.2. The Labute approximate surface area is 466 Å². The van der Waals surface area contributed by atoms with E-state index in [0.29, 0.717) is 67.5 Å². The first-order valence-corrected chi connectivity index (χ1v) is 43.6. The van der Waals surface area contributed by atoms with Crippen molar-refractivity contribution >= 4 is 44.2 Å². The van der Waals surface area contributed by atoms with Crippen molar-refractivity contribution in [2.75, 3.05) is 0 Å². The molecule has 0 amide bonds. The number of hydrogen-bond donors (Lipinski definition) is 0. The summed E-state index contributed by atoms with van der Waals surface area (Å²) in [6, 6.07) is 0. The molecule has 8 unspecified atom stereocenters. The second-order valence-electron chi connectivity index (χ2n) is 35.3. The molecule has 0 heterocycles. The van der Waals surface area contributed by atoms with Crippen molar-refractivity contribution in [3.8, 4) is 0 Å². The second kappa shape index (κ2) is 18.9. The molecule has 0 aromatic heterocycles. The Bertz CT molecular complexity index is 2110. The molecule has 6 fully saturated rings. The molecule has 8 aliphatic rings. The van der Waals surface area contributed by atoms with Crippen molar-refractivity contribution in [3.05, 3.63) is 23.3 Å². The Morgan fingerprint density at radius 1 is 0.467 bits per heavy atom. The molecular weight excluding hydrogens is 985 g/mol. The van der Waals surface area contributed by atoms with E-state index in [9.17, 15) is 9.59 Å². The molecule has 5 nitrogen and oxygen atoms in total. The van der Waals surface area contributed by atoms with Crippen LogP contribution in [0.5, 0.6) is 0 Å². The summed E-state index contributed by atoms with van der Waals surface area (Å²) in [4.78, 5) is 26.5. The highest BCUT2D eigenvalue weighted by molar-refractivity contribution is 6.83. The van der Waals surface area contributed by atoms with Gasteiger partial charge in [0.15, 0.2) is 0 Å². The molecule has 0 saturated heterocycles. The Hall–Kier alpha value is -0.752. The summed E-state index contributed by atoms with van der Waals surface area (Å²) < 4.78 is 21.4. The molecular formula is C66H118O5Si4. The fourth-order valence-corrected chi connectivity index (χ4v) is 34.4. The van der Waals surface area contributed by atoms with Crippen molar-refractivity contribution in [3.63, 3.8) is 0 Å². The quantitative estimate of drug-likeness (QED) is 0.138. The van der Waals surface area contributed by atoms with Crippen molar-refractivity contribution in [1.29, 1.82) is 0 Å². The van der Waals surface area contributed by atoms with Crippen LogP contribution in [0.2, 0.25) is 94.7 Å². The van der Waals surface area contributed by atoms with Crippen LogP contribution in [0.15, 0.2) is 23.3 Å². The highest BCUT2D eigenvalue weighted by atomic mass is 28.3. The molecule has 0 aromatic carbocycles. The van der Waals surface area contributed by atoms with Crippen LogP contribution in [0.1, 0.15) is 202 Å². The fourth-order valence-electron chi connectivity index (χ4n) is 20.4. The molecule has 9 heteroatoms. The highest BCUT2D eigenvalue weighted by Crippen LogP contribution is 2.77. The van der Waals surface area contributed by atoms with Gasteiger partial charge in [-0.3, -0.25) is 9.59 Å². The number of carbonyl (C=O) groups is 2. The van der Waals surface area contributed by atoms with Crippen LogP contribution in [-0.4, -0.2) is 68.6 Å². The molecule has 8 rings (SSSR count). The smallest absolute Gasteiger partial charge is 0.302 e.